The van der Waals surface area contributed by atoms with Crippen LogP contribution < -0.4 is 0 Å². The van der Waals surface area contributed by atoms with Crippen LogP contribution in [0.2, 0.25) is 0 Å². The maximum atomic E-state index is 10.5. The zero-order chi connectivity index (χ0) is 9.72. The number of carboxylic acid groups (broad SMARTS) is 1. The maximum Gasteiger partial charge on any atom is 0.346 e. The average Bonchev–Trinajstić information content (AvgIpc) is 1.85. The highest BCUT2D eigenvalue weighted by molar-refractivity contribution is 5.91. The third kappa shape index (κ3) is 3.20. The highest BCUT2D eigenvalue weighted by atomic mass is 16.4. The van der Waals surface area contributed by atoms with Crippen molar-refractivity contribution in [1.29, 1.82) is 5.26 Å². The van der Waals surface area contributed by atoms with Crippen LogP contribution in [0.5, 0.6) is 0 Å². The minimum Gasteiger partial charge on any atom is -0.477 e. The molecule has 0 aliphatic carbocycles. The smallest absolute Gasteiger partial charge is 0.346 e. The molecule has 0 saturated carbocycles. The Labute approximate surface area is 72.3 Å². The summed E-state index contributed by atoms with van der Waals surface area (Å²) in [6.07, 6.45) is 0.662. The molecule has 3 heteroatoms. The Morgan fingerprint density at radius 2 is 2.08 bits per heavy atom. The molecule has 0 spiro atoms. The van der Waals surface area contributed by atoms with Crippen LogP contribution in [0.4, 0.5) is 0 Å². The van der Waals surface area contributed by atoms with E-state index in [1.165, 1.54) is 0 Å². The first-order valence-corrected chi connectivity index (χ1v) is 3.82. The molecule has 0 aromatic rings. The van der Waals surface area contributed by atoms with Crippen LogP contribution >= 0.6 is 0 Å². The molecule has 0 radical (unpaired) electrons. The van der Waals surface area contributed by atoms with Crippen LogP contribution in [0.25, 0.3) is 0 Å². The van der Waals surface area contributed by atoms with Crippen molar-refractivity contribution in [2.45, 2.75) is 27.2 Å². The van der Waals surface area contributed by atoms with Gasteiger partial charge in [0.05, 0.1) is 0 Å². The zero-order valence-corrected chi connectivity index (χ0v) is 7.59. The predicted octanol–water partition coefficient (Wildman–Crippen LogP) is 1.96. The first-order chi connectivity index (χ1) is 5.49. The van der Waals surface area contributed by atoms with Crippen molar-refractivity contribution in [3.63, 3.8) is 0 Å². The second kappa shape index (κ2) is 4.55. The van der Waals surface area contributed by atoms with Gasteiger partial charge in [0.25, 0.3) is 0 Å². The van der Waals surface area contributed by atoms with E-state index in [1.54, 1.807) is 13.0 Å². The van der Waals surface area contributed by atoms with Gasteiger partial charge in [-0.1, -0.05) is 13.8 Å². The van der Waals surface area contributed by atoms with Gasteiger partial charge in [0.2, 0.25) is 0 Å². The average molecular weight is 167 g/mol. The predicted molar refractivity (Wildman–Crippen MR) is 45.4 cm³/mol. The molecule has 0 atom stereocenters. The number of allylic oxidation sites excluding steroid dienone is 1. The number of carbonyl (C=O) groups is 1. The molecule has 0 aliphatic heterocycles. The van der Waals surface area contributed by atoms with Gasteiger partial charge in [-0.2, -0.15) is 5.26 Å². The van der Waals surface area contributed by atoms with Crippen molar-refractivity contribution >= 4 is 5.97 Å². The summed E-state index contributed by atoms with van der Waals surface area (Å²) in [6, 6.07) is 1.69. The third-order valence-electron chi connectivity index (χ3n) is 1.47. The molecular formula is C9H13NO2. The van der Waals surface area contributed by atoms with E-state index < -0.39 is 5.97 Å². The molecule has 0 saturated heterocycles. The first kappa shape index (κ1) is 10.7. The van der Waals surface area contributed by atoms with Gasteiger partial charge < -0.3 is 5.11 Å². The molecule has 12 heavy (non-hydrogen) atoms. The lowest BCUT2D eigenvalue weighted by Crippen LogP contribution is -2.02. The van der Waals surface area contributed by atoms with E-state index in [4.69, 9.17) is 10.4 Å². The molecule has 0 aromatic carbocycles. The van der Waals surface area contributed by atoms with Crippen LogP contribution in [0.1, 0.15) is 27.2 Å². The van der Waals surface area contributed by atoms with Crippen molar-refractivity contribution in [3.8, 4) is 6.07 Å². The Hall–Kier alpha value is -1.30. The van der Waals surface area contributed by atoms with Crippen molar-refractivity contribution < 1.29 is 9.90 Å². The largest absolute Gasteiger partial charge is 0.477 e. The fourth-order valence-corrected chi connectivity index (χ4v) is 1.04. The van der Waals surface area contributed by atoms with Crippen LogP contribution in [0.3, 0.4) is 0 Å². The summed E-state index contributed by atoms with van der Waals surface area (Å²) in [5.74, 6) is -0.747. The van der Waals surface area contributed by atoms with Crippen molar-refractivity contribution in [2.75, 3.05) is 0 Å². The Balaban J connectivity index is 4.64. The summed E-state index contributed by atoms with van der Waals surface area (Å²) in [5.41, 5.74) is 0.531. The second-order valence-corrected chi connectivity index (χ2v) is 3.17. The van der Waals surface area contributed by atoms with E-state index >= 15 is 0 Å². The van der Waals surface area contributed by atoms with Crippen molar-refractivity contribution in [1.82, 2.24) is 0 Å². The summed E-state index contributed by atoms with van der Waals surface area (Å²) in [5, 5.41) is 17.1. The fourth-order valence-electron chi connectivity index (χ4n) is 1.04. The van der Waals surface area contributed by atoms with E-state index in [9.17, 15) is 4.79 Å². The van der Waals surface area contributed by atoms with Crippen molar-refractivity contribution in [3.05, 3.63) is 11.1 Å². The summed E-state index contributed by atoms with van der Waals surface area (Å²) in [4.78, 5) is 10.5. The molecule has 0 amide bonds. The van der Waals surface area contributed by atoms with E-state index in [-0.39, 0.29) is 5.57 Å². The fraction of sp³-hybridized carbons (Fsp3) is 0.556. The van der Waals surface area contributed by atoms with Gasteiger partial charge >= 0.3 is 5.97 Å². The second-order valence-electron chi connectivity index (χ2n) is 3.17. The summed E-state index contributed by atoms with van der Waals surface area (Å²) in [6.45, 7) is 5.66. The molecule has 0 fully saturated rings. The van der Waals surface area contributed by atoms with Gasteiger partial charge in [-0.05, 0) is 24.8 Å². The van der Waals surface area contributed by atoms with Crippen LogP contribution in [0.15, 0.2) is 11.1 Å². The molecule has 0 unspecified atom stereocenters. The van der Waals surface area contributed by atoms with Crippen molar-refractivity contribution in [2.24, 2.45) is 5.92 Å². The lowest BCUT2D eigenvalue weighted by Gasteiger charge is -2.04. The van der Waals surface area contributed by atoms with E-state index in [0.717, 1.165) is 0 Å². The number of nitrogens with zero attached hydrogens (tertiary/aromatic N) is 1. The Kier molecular flexibility index (Phi) is 4.06. The number of rotatable bonds is 3. The number of hydrogen-bond acceptors (Lipinski definition) is 2. The topological polar surface area (TPSA) is 61.1 Å². The van der Waals surface area contributed by atoms with Gasteiger partial charge in [-0.25, -0.2) is 4.79 Å². The normalized spacial score (nSPS) is 12.2. The summed E-state index contributed by atoms with van der Waals surface area (Å²) < 4.78 is 0. The van der Waals surface area contributed by atoms with Crippen LogP contribution in [-0.2, 0) is 4.79 Å². The van der Waals surface area contributed by atoms with Crippen LogP contribution in [-0.4, -0.2) is 11.1 Å². The standard InChI is InChI=1S/C9H13NO2/c1-6(2)4-7(3)8(5-10)9(11)12/h6H,4H2,1-3H3,(H,11,12)/b8-7+. The monoisotopic (exact) mass is 167 g/mol. The molecule has 0 rings (SSSR count). The van der Waals surface area contributed by atoms with E-state index in [2.05, 4.69) is 0 Å². The molecule has 3 nitrogen and oxygen atoms in total. The van der Waals surface area contributed by atoms with E-state index in [0.29, 0.717) is 17.9 Å². The van der Waals surface area contributed by atoms with Gasteiger partial charge in [-0.3, -0.25) is 0 Å². The minimum atomic E-state index is -1.13. The molecule has 0 aliphatic rings. The number of hydrogen-bond donors (Lipinski definition) is 1. The van der Waals surface area contributed by atoms with Crippen LogP contribution in [0, 0.1) is 17.2 Å². The first-order valence-electron chi connectivity index (χ1n) is 3.82. The Bertz CT molecular complexity index is 246. The molecule has 1 N–H and O–H groups in total. The van der Waals surface area contributed by atoms with Gasteiger partial charge in [0.15, 0.2) is 0 Å². The minimum absolute atomic E-state index is 0.122. The third-order valence-corrected chi connectivity index (χ3v) is 1.47. The lowest BCUT2D eigenvalue weighted by molar-refractivity contribution is -0.132. The lowest BCUT2D eigenvalue weighted by atomic mass is 10.0. The maximum absolute atomic E-state index is 10.5. The molecule has 0 heterocycles. The summed E-state index contributed by atoms with van der Waals surface area (Å²) in [7, 11) is 0. The Morgan fingerprint density at radius 3 is 2.33 bits per heavy atom. The SMILES string of the molecule is C/C(CC(C)C)=C(/C#N)C(=O)O. The molecule has 66 valence electrons. The highest BCUT2D eigenvalue weighted by Crippen LogP contribution is 2.13. The van der Waals surface area contributed by atoms with Gasteiger partial charge in [-0.15, -0.1) is 0 Å². The quantitative estimate of drug-likeness (QED) is 0.516. The van der Waals surface area contributed by atoms with E-state index in [1.807, 2.05) is 13.8 Å². The number of aliphatic carboxylic acids is 1. The van der Waals surface area contributed by atoms with Gasteiger partial charge in [0.1, 0.15) is 11.6 Å². The van der Waals surface area contributed by atoms with Gasteiger partial charge in [0, 0.05) is 0 Å². The Morgan fingerprint density at radius 1 is 1.58 bits per heavy atom. The summed E-state index contributed by atoms with van der Waals surface area (Å²) >= 11 is 0. The molecule has 0 bridgehead atoms. The molecular weight excluding hydrogens is 154 g/mol. The number of carboxylic acids is 1. The molecule has 0 aromatic heterocycles. The number of nitriles is 1. The zero-order valence-electron chi connectivity index (χ0n) is 7.59. The highest BCUT2D eigenvalue weighted by Gasteiger charge is 2.10.